The van der Waals surface area contributed by atoms with Crippen molar-refractivity contribution in [2.24, 2.45) is 0 Å². The molecule has 0 N–H and O–H groups in total. The van der Waals surface area contributed by atoms with Crippen LogP contribution in [-0.4, -0.2) is 30.6 Å². The number of hydrogen-bond acceptors (Lipinski definition) is 1. The molecule has 0 saturated carbocycles. The summed E-state index contributed by atoms with van der Waals surface area (Å²) in [5, 5.41) is 2.26. The molecule has 0 aromatic heterocycles. The van der Waals surface area contributed by atoms with E-state index in [0.29, 0.717) is 0 Å². The zero-order valence-electron chi connectivity index (χ0n) is 4.03. The van der Waals surface area contributed by atoms with Crippen LogP contribution in [0, 0.1) is 0 Å². The number of allylic oxidation sites excluding steroid dienone is 1. The van der Waals surface area contributed by atoms with Gasteiger partial charge in [0, 0.05) is 0 Å². The van der Waals surface area contributed by atoms with E-state index in [2.05, 4.69) is 21.4 Å². The van der Waals surface area contributed by atoms with Gasteiger partial charge in [0.2, 0.25) is 0 Å². The van der Waals surface area contributed by atoms with E-state index >= 15 is 0 Å². The second-order valence-corrected chi connectivity index (χ2v) is 11.0. The topological polar surface area (TPSA) is 0 Å². The first-order valence-electron chi connectivity index (χ1n) is 2.24. The van der Waals surface area contributed by atoms with E-state index in [9.17, 15) is 0 Å². The first-order valence-corrected chi connectivity index (χ1v) is 8.83. The molecule has 0 aromatic carbocycles. The van der Waals surface area contributed by atoms with Crippen LogP contribution in [0.2, 0.25) is 0 Å². The molecule has 0 fully saturated rings. The Kier molecular flexibility index (Phi) is 1.49. The Morgan fingerprint density at radius 1 is 1.62 bits per heavy atom. The van der Waals surface area contributed by atoms with Gasteiger partial charge in [-0.3, -0.25) is 0 Å². The maximum absolute atomic E-state index is 2.43. The van der Waals surface area contributed by atoms with E-state index in [1.54, 1.807) is 3.32 Å². The van der Waals surface area contributed by atoms with Crippen molar-refractivity contribution in [2.75, 3.05) is 0 Å². The standard InChI is InChI=1S/C5H4SSe2/c1-2-6-8-4-3-7-5(1)8/h1-4H. The van der Waals surface area contributed by atoms with Crippen LogP contribution in [0.1, 0.15) is 0 Å². The van der Waals surface area contributed by atoms with E-state index in [1.165, 1.54) is 0 Å². The molecule has 0 bridgehead atoms. The van der Waals surface area contributed by atoms with Crippen molar-refractivity contribution in [1.82, 2.24) is 0 Å². The van der Waals surface area contributed by atoms with Gasteiger partial charge in [0.1, 0.15) is 0 Å². The molecule has 2 heterocycles. The average molecular weight is 254 g/mol. The van der Waals surface area contributed by atoms with Crippen molar-refractivity contribution in [3.8, 4) is 0 Å². The molecule has 2 aliphatic heterocycles. The molecule has 0 saturated heterocycles. The van der Waals surface area contributed by atoms with Crippen LogP contribution in [0.25, 0.3) is 0 Å². The fourth-order valence-corrected chi connectivity index (χ4v) is 13.2. The molecule has 0 radical (unpaired) electrons. The molecule has 3 heteroatoms. The van der Waals surface area contributed by atoms with Gasteiger partial charge in [-0.15, -0.1) is 0 Å². The Balaban J connectivity index is 2.41. The van der Waals surface area contributed by atoms with Gasteiger partial charge < -0.3 is 0 Å². The Morgan fingerprint density at radius 3 is 3.50 bits per heavy atom. The van der Waals surface area contributed by atoms with Crippen LogP contribution < -0.4 is 0 Å². The second kappa shape index (κ2) is 2.17. The first-order chi connectivity index (χ1) is 3.97. The summed E-state index contributed by atoms with van der Waals surface area (Å²) in [7, 11) is 2.05. The molecule has 1 unspecified atom stereocenters. The van der Waals surface area contributed by atoms with Gasteiger partial charge in [0.15, 0.2) is 0 Å². The predicted molar refractivity (Wildman–Crippen MR) is 42.4 cm³/mol. The summed E-state index contributed by atoms with van der Waals surface area (Å²) in [6.45, 7) is 0. The second-order valence-electron chi connectivity index (χ2n) is 1.41. The minimum absolute atomic E-state index is 0.352. The van der Waals surface area contributed by atoms with Gasteiger partial charge in [-0.2, -0.15) is 0 Å². The molecule has 1 atom stereocenters. The Morgan fingerprint density at radius 2 is 2.62 bits per heavy atom. The van der Waals surface area contributed by atoms with Gasteiger partial charge in [-0.25, -0.2) is 0 Å². The summed E-state index contributed by atoms with van der Waals surface area (Å²) in [6.07, 6.45) is 2.31. The van der Waals surface area contributed by atoms with E-state index < -0.39 is 0 Å². The normalized spacial score (nSPS) is 32.0. The van der Waals surface area contributed by atoms with Crippen LogP contribution in [0.5, 0.6) is 0 Å². The summed E-state index contributed by atoms with van der Waals surface area (Å²) in [5.41, 5.74) is 0. The number of hydrogen-bond donors (Lipinski definition) is 0. The third kappa shape index (κ3) is 0.792. The molecule has 8 heavy (non-hydrogen) atoms. The van der Waals surface area contributed by atoms with Gasteiger partial charge in [0.25, 0.3) is 0 Å². The van der Waals surface area contributed by atoms with Crippen molar-refractivity contribution < 1.29 is 0 Å². The number of rotatable bonds is 0. The van der Waals surface area contributed by atoms with Crippen LogP contribution in [0.15, 0.2) is 21.4 Å². The molecular weight excluding hydrogens is 250 g/mol. The predicted octanol–water partition coefficient (Wildman–Crippen LogP) is 0.721. The van der Waals surface area contributed by atoms with Crippen LogP contribution in [0.4, 0.5) is 0 Å². The molecule has 0 aliphatic carbocycles. The van der Waals surface area contributed by atoms with E-state index in [-0.39, 0.29) is 12.3 Å². The SMILES string of the molecule is C1=CC2=[Se](C=C[Se]2)S1. The minimum atomic E-state index is -0.352. The first kappa shape index (κ1) is 5.52. The fraction of sp³-hybridized carbons (Fsp3) is 0. The van der Waals surface area contributed by atoms with Crippen molar-refractivity contribution in [3.63, 3.8) is 0 Å². The van der Waals surface area contributed by atoms with Crippen molar-refractivity contribution >= 4 is 40.8 Å². The summed E-state index contributed by atoms with van der Waals surface area (Å²) in [6, 6.07) is 0. The van der Waals surface area contributed by atoms with Gasteiger partial charge in [-0.05, 0) is 0 Å². The summed E-state index contributed by atoms with van der Waals surface area (Å²) in [5.74, 6) is 0. The average Bonchev–Trinajstić information content (AvgIpc) is 2.15. The Hall–Kier alpha value is 0.739. The van der Waals surface area contributed by atoms with Crippen molar-refractivity contribution in [2.45, 2.75) is 0 Å². The molecular formula is C5H4SSe2. The van der Waals surface area contributed by atoms with E-state index in [1.807, 2.05) is 10.2 Å². The van der Waals surface area contributed by atoms with Crippen LogP contribution >= 0.6 is 10.2 Å². The molecule has 2 aliphatic rings. The maximum atomic E-state index is 2.43. The molecule has 2 rings (SSSR count). The summed E-state index contributed by atoms with van der Waals surface area (Å²) < 4.78 is 1.77. The van der Waals surface area contributed by atoms with Crippen LogP contribution in [-0.2, 0) is 0 Å². The van der Waals surface area contributed by atoms with Gasteiger partial charge in [0.05, 0.1) is 0 Å². The van der Waals surface area contributed by atoms with Crippen molar-refractivity contribution in [3.05, 3.63) is 21.4 Å². The monoisotopic (exact) mass is 256 g/mol. The third-order valence-corrected chi connectivity index (χ3v) is 13.3. The van der Waals surface area contributed by atoms with Gasteiger partial charge in [-0.1, -0.05) is 0 Å². The van der Waals surface area contributed by atoms with E-state index in [4.69, 9.17) is 0 Å². The molecule has 0 nitrogen and oxygen atoms in total. The summed E-state index contributed by atoms with van der Waals surface area (Å²) in [4.78, 5) is 4.80. The quantitative estimate of drug-likeness (QED) is 0.574. The fourth-order valence-electron chi connectivity index (χ4n) is 0.589. The molecule has 0 aromatic rings. The third-order valence-electron chi connectivity index (χ3n) is 0.925. The summed E-state index contributed by atoms with van der Waals surface area (Å²) >= 11 is 0.403. The Labute approximate surface area is 62.1 Å². The Bertz CT molecular complexity index is 180. The van der Waals surface area contributed by atoms with Gasteiger partial charge >= 0.3 is 62.2 Å². The zero-order valence-corrected chi connectivity index (χ0v) is 8.28. The molecule has 0 amide bonds. The molecule has 42 valence electrons. The van der Waals surface area contributed by atoms with E-state index in [0.717, 1.165) is 15.0 Å². The molecule has 0 spiro atoms. The zero-order chi connectivity index (χ0) is 5.40. The van der Waals surface area contributed by atoms with Crippen LogP contribution in [0.3, 0.4) is 0 Å². The van der Waals surface area contributed by atoms with Crippen molar-refractivity contribution in [1.29, 1.82) is 0 Å².